The summed E-state index contributed by atoms with van der Waals surface area (Å²) in [6, 6.07) is 15.7. The fraction of sp³-hybridized carbons (Fsp3) is 0.458. The molecule has 32 heavy (non-hydrogen) atoms. The van der Waals surface area contributed by atoms with Gasteiger partial charge in [0.15, 0.2) is 5.82 Å². The maximum Gasteiger partial charge on any atom is 0.173 e. The van der Waals surface area contributed by atoms with Crippen LogP contribution in [0.2, 0.25) is 5.02 Å². The first-order valence-electron chi connectivity index (χ1n) is 11.4. The highest BCUT2D eigenvalue weighted by molar-refractivity contribution is 6.30. The van der Waals surface area contributed by atoms with Crippen LogP contribution in [0.5, 0.6) is 0 Å². The minimum atomic E-state index is -0.415. The molecule has 1 aliphatic carbocycles. The smallest absolute Gasteiger partial charge is 0.173 e. The molecular weight excluding hydrogens is 427 g/mol. The lowest BCUT2D eigenvalue weighted by molar-refractivity contribution is 0.127. The first kappa shape index (κ1) is 21.5. The van der Waals surface area contributed by atoms with Gasteiger partial charge in [-0.3, -0.25) is 9.80 Å². The van der Waals surface area contributed by atoms with Crippen molar-refractivity contribution in [1.82, 2.24) is 30.0 Å². The number of hydrogen-bond donors (Lipinski definition) is 0. The van der Waals surface area contributed by atoms with Gasteiger partial charge >= 0.3 is 0 Å². The van der Waals surface area contributed by atoms with Gasteiger partial charge in [0.2, 0.25) is 0 Å². The Morgan fingerprint density at radius 3 is 2.59 bits per heavy atom. The second-order valence-electron chi connectivity index (χ2n) is 8.77. The van der Waals surface area contributed by atoms with E-state index in [0.717, 1.165) is 55.6 Å². The summed E-state index contributed by atoms with van der Waals surface area (Å²) in [5.74, 6) is 0.315. The topological polar surface area (TPSA) is 50.1 Å². The summed E-state index contributed by atoms with van der Waals surface area (Å²) in [4.78, 5) is 5.02. The summed E-state index contributed by atoms with van der Waals surface area (Å²) >= 11 is 6.00. The predicted molar refractivity (Wildman–Crippen MR) is 122 cm³/mol. The Balaban J connectivity index is 1.47. The van der Waals surface area contributed by atoms with Crippen molar-refractivity contribution in [3.8, 4) is 0 Å². The van der Waals surface area contributed by atoms with E-state index in [1.807, 2.05) is 28.9 Å². The molecule has 168 valence electrons. The Hall–Kier alpha value is -2.35. The van der Waals surface area contributed by atoms with Gasteiger partial charge in [-0.1, -0.05) is 54.4 Å². The van der Waals surface area contributed by atoms with Gasteiger partial charge in [0.25, 0.3) is 0 Å². The highest BCUT2D eigenvalue weighted by Gasteiger charge is 2.32. The molecule has 1 saturated heterocycles. The Labute approximate surface area is 193 Å². The lowest BCUT2D eigenvalue weighted by atomic mass is 9.91. The van der Waals surface area contributed by atoms with Crippen molar-refractivity contribution in [1.29, 1.82) is 0 Å². The molecule has 1 atom stereocenters. The van der Waals surface area contributed by atoms with Gasteiger partial charge in [-0.2, -0.15) is 0 Å². The standard InChI is InChI=1S/C24H28ClFN6/c25-21-11-10-19(16-22(21)26)23(31-13-5-12-30(14-15-31)20-8-4-9-20)24-27-28-29-32(24)17-18-6-2-1-3-7-18/h1-3,6-7,10-11,16,20,23H,4-5,8-9,12-15,17H2. The van der Waals surface area contributed by atoms with Crippen LogP contribution >= 0.6 is 11.6 Å². The number of nitrogens with zero attached hydrogens (tertiary/aromatic N) is 6. The molecule has 6 nitrogen and oxygen atoms in total. The minimum Gasteiger partial charge on any atom is -0.299 e. The fourth-order valence-corrected chi connectivity index (χ4v) is 4.93. The maximum atomic E-state index is 14.5. The normalized spacial score (nSPS) is 19.4. The molecule has 1 unspecified atom stereocenters. The van der Waals surface area contributed by atoms with Crippen molar-refractivity contribution in [2.24, 2.45) is 0 Å². The zero-order valence-corrected chi connectivity index (χ0v) is 18.8. The fourth-order valence-electron chi connectivity index (χ4n) is 4.81. The Morgan fingerprint density at radius 1 is 1.00 bits per heavy atom. The second-order valence-corrected chi connectivity index (χ2v) is 9.17. The van der Waals surface area contributed by atoms with Crippen molar-refractivity contribution in [3.05, 3.63) is 76.3 Å². The van der Waals surface area contributed by atoms with Gasteiger partial charge in [0, 0.05) is 25.7 Å². The first-order chi connectivity index (χ1) is 15.7. The van der Waals surface area contributed by atoms with E-state index in [2.05, 4.69) is 37.5 Å². The molecule has 1 saturated carbocycles. The number of halogens is 2. The van der Waals surface area contributed by atoms with E-state index in [1.54, 1.807) is 6.07 Å². The van der Waals surface area contributed by atoms with Crippen molar-refractivity contribution >= 4 is 11.6 Å². The molecule has 5 rings (SSSR count). The molecule has 0 amide bonds. The zero-order chi connectivity index (χ0) is 21.9. The summed E-state index contributed by atoms with van der Waals surface area (Å²) in [5, 5.41) is 12.8. The number of hydrogen-bond acceptors (Lipinski definition) is 5. The van der Waals surface area contributed by atoms with Crippen LogP contribution in [-0.4, -0.2) is 62.2 Å². The third kappa shape index (κ3) is 4.56. The molecular formula is C24H28ClFN6. The molecule has 8 heteroatoms. The van der Waals surface area contributed by atoms with E-state index in [0.29, 0.717) is 6.54 Å². The van der Waals surface area contributed by atoms with Crippen molar-refractivity contribution < 1.29 is 4.39 Å². The number of tetrazole rings is 1. The quantitative estimate of drug-likeness (QED) is 0.559. The molecule has 0 bridgehead atoms. The molecule has 0 N–H and O–H groups in total. The van der Waals surface area contributed by atoms with Crippen LogP contribution in [0.4, 0.5) is 4.39 Å². The average Bonchev–Trinajstić information content (AvgIpc) is 3.07. The van der Waals surface area contributed by atoms with Crippen molar-refractivity contribution in [2.75, 3.05) is 26.2 Å². The van der Waals surface area contributed by atoms with Crippen molar-refractivity contribution in [2.45, 2.75) is 44.3 Å². The van der Waals surface area contributed by atoms with E-state index < -0.39 is 5.82 Å². The van der Waals surface area contributed by atoms with E-state index in [-0.39, 0.29) is 11.1 Å². The summed E-state index contributed by atoms with van der Waals surface area (Å²) in [6.07, 6.45) is 5.03. The number of aromatic nitrogens is 4. The molecule has 0 radical (unpaired) electrons. The predicted octanol–water partition coefficient (Wildman–Crippen LogP) is 4.16. The van der Waals surface area contributed by atoms with Gasteiger partial charge in [-0.15, -0.1) is 5.10 Å². The van der Waals surface area contributed by atoms with Gasteiger partial charge in [-0.25, -0.2) is 9.07 Å². The number of rotatable bonds is 6. The molecule has 2 aliphatic rings. The molecule has 1 aliphatic heterocycles. The first-order valence-corrected chi connectivity index (χ1v) is 11.8. The Kier molecular flexibility index (Phi) is 6.48. The van der Waals surface area contributed by atoms with Crippen LogP contribution in [-0.2, 0) is 6.54 Å². The van der Waals surface area contributed by atoms with Gasteiger partial charge in [-0.05, 0) is 59.5 Å². The van der Waals surface area contributed by atoms with Crippen LogP contribution in [0.1, 0.15) is 48.7 Å². The molecule has 0 spiro atoms. The maximum absolute atomic E-state index is 14.5. The third-order valence-electron chi connectivity index (χ3n) is 6.76. The summed E-state index contributed by atoms with van der Waals surface area (Å²) in [5.41, 5.74) is 1.95. The minimum absolute atomic E-state index is 0.128. The van der Waals surface area contributed by atoms with Crippen LogP contribution < -0.4 is 0 Å². The summed E-state index contributed by atoms with van der Waals surface area (Å²) in [7, 11) is 0. The largest absolute Gasteiger partial charge is 0.299 e. The lowest BCUT2D eigenvalue weighted by Gasteiger charge is -2.37. The SMILES string of the molecule is Fc1cc(C(c2nnnn2Cc2ccccc2)N2CCCN(C3CCC3)CC2)ccc1Cl. The lowest BCUT2D eigenvalue weighted by Crippen LogP contribution is -2.42. The number of benzene rings is 2. The highest BCUT2D eigenvalue weighted by atomic mass is 35.5. The van der Waals surface area contributed by atoms with Crippen LogP contribution in [0.15, 0.2) is 48.5 Å². The highest BCUT2D eigenvalue weighted by Crippen LogP contribution is 2.32. The van der Waals surface area contributed by atoms with Crippen LogP contribution in [0.3, 0.4) is 0 Å². The molecule has 1 aromatic heterocycles. The second kappa shape index (κ2) is 9.65. The summed E-state index contributed by atoms with van der Waals surface area (Å²) < 4.78 is 16.3. The Morgan fingerprint density at radius 2 is 1.84 bits per heavy atom. The van der Waals surface area contributed by atoms with E-state index in [9.17, 15) is 4.39 Å². The molecule has 2 aromatic carbocycles. The molecule has 2 heterocycles. The summed E-state index contributed by atoms with van der Waals surface area (Å²) in [6.45, 7) is 4.49. The molecule has 2 fully saturated rings. The van der Waals surface area contributed by atoms with Gasteiger partial charge in [0.05, 0.1) is 17.6 Å². The van der Waals surface area contributed by atoms with Gasteiger partial charge in [0.1, 0.15) is 5.82 Å². The van der Waals surface area contributed by atoms with E-state index >= 15 is 0 Å². The Bertz CT molecular complexity index is 1040. The van der Waals surface area contributed by atoms with Crippen LogP contribution in [0, 0.1) is 5.82 Å². The van der Waals surface area contributed by atoms with Crippen molar-refractivity contribution in [3.63, 3.8) is 0 Å². The van der Waals surface area contributed by atoms with Gasteiger partial charge < -0.3 is 0 Å². The third-order valence-corrected chi connectivity index (χ3v) is 7.07. The molecule has 3 aromatic rings. The van der Waals surface area contributed by atoms with E-state index in [1.165, 1.54) is 25.3 Å². The average molecular weight is 455 g/mol. The monoisotopic (exact) mass is 454 g/mol. The zero-order valence-electron chi connectivity index (χ0n) is 18.1. The van der Waals surface area contributed by atoms with E-state index in [4.69, 9.17) is 11.6 Å². The van der Waals surface area contributed by atoms with Crippen LogP contribution in [0.25, 0.3) is 0 Å².